The quantitative estimate of drug-likeness (QED) is 0.124. The molecule has 3 aromatic heterocycles. The zero-order chi connectivity index (χ0) is 35.2. The van der Waals surface area contributed by atoms with E-state index in [0.29, 0.717) is 27.9 Å². The lowest BCUT2D eigenvalue weighted by molar-refractivity contribution is -0.374. The Balaban J connectivity index is 1.54. The summed E-state index contributed by atoms with van der Waals surface area (Å²) in [4.78, 5) is 30.3. The number of aromatic amines is 2. The first-order valence-electron chi connectivity index (χ1n) is 16.9. The van der Waals surface area contributed by atoms with Crippen LogP contribution in [0, 0.1) is 10.1 Å². The fourth-order valence-electron chi connectivity index (χ4n) is 7.17. The Labute approximate surface area is 298 Å². The predicted octanol–water partition coefficient (Wildman–Crippen LogP) is 10.2. The minimum absolute atomic E-state index is 0.00903. The van der Waals surface area contributed by atoms with Crippen molar-refractivity contribution in [3.05, 3.63) is 178 Å². The van der Waals surface area contributed by atoms with E-state index in [1.807, 2.05) is 127 Å². The van der Waals surface area contributed by atoms with Gasteiger partial charge in [0, 0.05) is 44.3 Å². The molecule has 8 heteroatoms. The number of hydrogen-bond acceptors (Lipinski definition) is 5. The van der Waals surface area contributed by atoms with Gasteiger partial charge < -0.3 is 15.7 Å². The molecule has 0 amide bonds. The van der Waals surface area contributed by atoms with Gasteiger partial charge >= 0.3 is 5.70 Å². The van der Waals surface area contributed by atoms with Gasteiger partial charge in [-0.1, -0.05) is 121 Å². The number of aromatic nitrogens is 4. The van der Waals surface area contributed by atoms with Gasteiger partial charge in [-0.2, -0.15) is 0 Å². The number of hydrogen-bond donors (Lipinski definition) is 3. The minimum Gasteiger partial charge on any atom is -0.391 e. The van der Waals surface area contributed by atoms with Crippen LogP contribution in [0.5, 0.6) is 0 Å². The zero-order valence-corrected chi connectivity index (χ0v) is 27.7. The molecule has 8 nitrogen and oxygen atoms in total. The van der Waals surface area contributed by atoms with Gasteiger partial charge in [-0.25, -0.2) is 9.97 Å². The van der Waals surface area contributed by atoms with Crippen molar-refractivity contribution in [1.82, 2.24) is 19.9 Å². The molecule has 0 aliphatic carbocycles. The Bertz CT molecular complexity index is 2750. The highest BCUT2D eigenvalue weighted by Crippen LogP contribution is 2.41. The van der Waals surface area contributed by atoms with Crippen molar-refractivity contribution in [2.45, 2.75) is 0 Å². The summed E-state index contributed by atoms with van der Waals surface area (Å²) in [5.41, 5.74) is 18.2. The monoisotopic (exact) mass is 674 g/mol. The Morgan fingerprint density at radius 2 is 0.808 bits per heavy atom. The van der Waals surface area contributed by atoms with Gasteiger partial charge in [-0.05, 0) is 58.7 Å². The van der Waals surface area contributed by atoms with Crippen molar-refractivity contribution >= 4 is 45.6 Å². The summed E-state index contributed by atoms with van der Waals surface area (Å²) in [5, 5.41) is 13.0. The van der Waals surface area contributed by atoms with E-state index in [0.717, 1.165) is 55.8 Å². The van der Waals surface area contributed by atoms with Gasteiger partial charge in [0.15, 0.2) is 5.69 Å². The Kier molecular flexibility index (Phi) is 7.40. The van der Waals surface area contributed by atoms with Crippen LogP contribution in [-0.4, -0.2) is 24.9 Å². The van der Waals surface area contributed by atoms with Crippen molar-refractivity contribution in [1.29, 1.82) is 0 Å². The summed E-state index contributed by atoms with van der Waals surface area (Å²) >= 11 is 0. The predicted molar refractivity (Wildman–Crippen MR) is 210 cm³/mol. The van der Waals surface area contributed by atoms with E-state index >= 15 is 0 Å². The lowest BCUT2D eigenvalue weighted by Crippen LogP contribution is -2.04. The summed E-state index contributed by atoms with van der Waals surface area (Å²) in [6.45, 7) is 0. The first-order chi connectivity index (χ1) is 25.5. The Morgan fingerprint density at radius 3 is 1.19 bits per heavy atom. The van der Waals surface area contributed by atoms with Gasteiger partial charge in [0.1, 0.15) is 11.4 Å². The van der Waals surface area contributed by atoms with Crippen molar-refractivity contribution in [3.63, 3.8) is 0 Å². The lowest BCUT2D eigenvalue weighted by Gasteiger charge is -2.07. The molecule has 0 radical (unpaired) electrons. The molecule has 2 aliphatic rings. The SMILES string of the molecule is NC1=C([N+](=O)[O-])c2nc1c(-c1ccccc1)c1ccc([nH]1)c(-c1ccccc1)c1nc(c(-c3ccccc3)c3ccc([nH]3)c2-c2ccccc2)C=C1. The van der Waals surface area contributed by atoms with Crippen LogP contribution < -0.4 is 5.73 Å². The van der Waals surface area contributed by atoms with E-state index in [1.54, 1.807) is 0 Å². The van der Waals surface area contributed by atoms with Crippen molar-refractivity contribution in [2.75, 3.05) is 0 Å². The maximum Gasteiger partial charge on any atom is 0.320 e. The van der Waals surface area contributed by atoms with Crippen LogP contribution in [0.25, 0.3) is 90.1 Å². The number of nitrogens with zero attached hydrogens (tertiary/aromatic N) is 3. The molecule has 0 saturated carbocycles. The summed E-state index contributed by atoms with van der Waals surface area (Å²) in [7, 11) is 0. The third-order valence-corrected chi connectivity index (χ3v) is 9.47. The average Bonchev–Trinajstić information content (AvgIpc) is 4.00. The standard InChI is InChI=1S/C44H30N6O2/c45-41-42-39(29-17-9-3-10-18-29)35-25-23-33(47-35)37(27-13-5-1-6-14-27)31-21-22-32(46-31)38(28-15-7-2-8-16-28)34-24-26-36(48-34)40(30-19-11-4-12-20-30)43(49-42)44(41)50(51)52/h1-26,47-48H,45H2. The normalized spacial score (nSPS) is 12.3. The van der Waals surface area contributed by atoms with Crippen LogP contribution in [0.3, 0.4) is 0 Å². The van der Waals surface area contributed by atoms with E-state index in [-0.39, 0.29) is 17.1 Å². The molecule has 0 fully saturated rings. The molecule has 8 bridgehead atoms. The second kappa shape index (κ2) is 12.5. The zero-order valence-electron chi connectivity index (χ0n) is 27.7. The highest BCUT2D eigenvalue weighted by Gasteiger charge is 2.34. The highest BCUT2D eigenvalue weighted by atomic mass is 16.6. The number of rotatable bonds is 5. The van der Waals surface area contributed by atoms with Crippen LogP contribution in [0.4, 0.5) is 0 Å². The molecule has 2 aliphatic heterocycles. The van der Waals surface area contributed by atoms with E-state index in [4.69, 9.17) is 15.7 Å². The molecule has 7 aromatic rings. The van der Waals surface area contributed by atoms with Gasteiger partial charge in [-0.15, -0.1) is 0 Å². The van der Waals surface area contributed by atoms with Gasteiger partial charge in [0.2, 0.25) is 0 Å². The molecule has 4 N–H and O–H groups in total. The van der Waals surface area contributed by atoms with Gasteiger partial charge in [0.05, 0.1) is 16.3 Å². The smallest absolute Gasteiger partial charge is 0.320 e. The average molecular weight is 675 g/mol. The summed E-state index contributed by atoms with van der Waals surface area (Å²) < 4.78 is 0. The molecular formula is C44H30N6O2. The third kappa shape index (κ3) is 5.18. The second-order valence-corrected chi connectivity index (χ2v) is 12.6. The van der Waals surface area contributed by atoms with E-state index in [2.05, 4.69) is 40.3 Å². The second-order valence-electron chi connectivity index (χ2n) is 12.6. The summed E-state index contributed by atoms with van der Waals surface area (Å²) in [6.07, 6.45) is 4.10. The first kappa shape index (κ1) is 30.7. The topological polar surface area (TPSA) is 127 Å². The lowest BCUT2D eigenvalue weighted by atomic mass is 10.0. The van der Waals surface area contributed by atoms with E-state index in [9.17, 15) is 10.1 Å². The van der Waals surface area contributed by atoms with Crippen molar-refractivity contribution < 1.29 is 4.92 Å². The van der Waals surface area contributed by atoms with E-state index < -0.39 is 4.92 Å². The first-order valence-corrected chi connectivity index (χ1v) is 16.9. The summed E-state index contributed by atoms with van der Waals surface area (Å²) in [6, 6.07) is 47.5. The Morgan fingerprint density at radius 1 is 0.462 bits per heavy atom. The summed E-state index contributed by atoms with van der Waals surface area (Å²) in [5.74, 6) is 0. The maximum absolute atomic E-state index is 13.0. The molecular weight excluding hydrogens is 645 g/mol. The molecule has 0 spiro atoms. The number of nitrogens with one attached hydrogen (secondary N) is 2. The molecule has 0 atom stereocenters. The van der Waals surface area contributed by atoms with Crippen LogP contribution >= 0.6 is 0 Å². The number of nitrogens with two attached hydrogens (primary N) is 1. The third-order valence-electron chi connectivity index (χ3n) is 9.47. The largest absolute Gasteiger partial charge is 0.391 e. The fraction of sp³-hybridized carbons (Fsp3) is 0. The van der Waals surface area contributed by atoms with Crippen molar-refractivity contribution in [3.8, 4) is 44.5 Å². The number of H-pyrrole nitrogens is 2. The van der Waals surface area contributed by atoms with Crippen LogP contribution in [0.15, 0.2) is 146 Å². The van der Waals surface area contributed by atoms with Crippen molar-refractivity contribution in [2.24, 2.45) is 5.73 Å². The molecule has 5 heterocycles. The highest BCUT2D eigenvalue weighted by molar-refractivity contribution is 6.03. The van der Waals surface area contributed by atoms with E-state index in [1.165, 1.54) is 0 Å². The van der Waals surface area contributed by atoms with Crippen LogP contribution in [-0.2, 0) is 0 Å². The van der Waals surface area contributed by atoms with Gasteiger partial charge in [-0.3, -0.25) is 10.1 Å². The number of nitro groups is 1. The molecule has 0 saturated heterocycles. The molecule has 52 heavy (non-hydrogen) atoms. The van der Waals surface area contributed by atoms with Gasteiger partial charge in [0.25, 0.3) is 0 Å². The molecule has 0 unspecified atom stereocenters. The molecule has 9 rings (SSSR count). The fourth-order valence-corrected chi connectivity index (χ4v) is 7.17. The molecule has 248 valence electrons. The Hall–Kier alpha value is -7.32. The minimum atomic E-state index is -0.428. The van der Waals surface area contributed by atoms with Crippen LogP contribution in [0.2, 0.25) is 0 Å². The number of fused-ring (bicyclic) bond motifs is 8. The van der Waals surface area contributed by atoms with Crippen LogP contribution in [0.1, 0.15) is 22.8 Å². The number of benzene rings is 4. The maximum atomic E-state index is 13.0. The molecule has 4 aromatic carbocycles.